The first-order chi connectivity index (χ1) is 13.3. The van der Waals surface area contributed by atoms with Gasteiger partial charge in [-0.05, 0) is 42.8 Å². The van der Waals surface area contributed by atoms with Crippen LogP contribution in [-0.2, 0) is 14.8 Å². The fourth-order valence-electron chi connectivity index (χ4n) is 2.72. The van der Waals surface area contributed by atoms with Gasteiger partial charge in [0.25, 0.3) is 5.91 Å². The number of sulfonamides is 1. The molecule has 1 heterocycles. The van der Waals surface area contributed by atoms with E-state index in [0.29, 0.717) is 30.3 Å². The Kier molecular flexibility index (Phi) is 6.47. The van der Waals surface area contributed by atoms with Crippen molar-refractivity contribution < 1.29 is 22.7 Å². The number of hydrogen-bond acceptors (Lipinski definition) is 5. The van der Waals surface area contributed by atoms with E-state index in [-0.39, 0.29) is 27.3 Å². The summed E-state index contributed by atoms with van der Waals surface area (Å²) in [4.78, 5) is 12.7. The van der Waals surface area contributed by atoms with Crippen LogP contribution in [0, 0.1) is 0 Å². The summed E-state index contributed by atoms with van der Waals surface area (Å²) in [7, 11) is -2.42. The Balaban J connectivity index is 1.87. The van der Waals surface area contributed by atoms with Crippen LogP contribution in [0.25, 0.3) is 0 Å². The van der Waals surface area contributed by atoms with Crippen LogP contribution < -0.4 is 14.8 Å². The van der Waals surface area contributed by atoms with Gasteiger partial charge in [0.2, 0.25) is 10.0 Å². The third-order valence-electron chi connectivity index (χ3n) is 4.15. The third kappa shape index (κ3) is 4.76. The molecule has 7 nitrogen and oxygen atoms in total. The molecule has 0 radical (unpaired) electrons. The lowest BCUT2D eigenvalue weighted by Crippen LogP contribution is -2.35. The molecular weight excluding hydrogens is 427 g/mol. The van der Waals surface area contributed by atoms with Crippen LogP contribution in [0.2, 0.25) is 10.0 Å². The number of amides is 1. The molecule has 2 aromatic rings. The molecule has 10 heteroatoms. The van der Waals surface area contributed by atoms with Crippen LogP contribution in [0.15, 0.2) is 41.3 Å². The minimum atomic E-state index is -3.81. The molecule has 0 spiro atoms. The Morgan fingerprint density at radius 1 is 1.18 bits per heavy atom. The molecule has 1 fully saturated rings. The molecule has 1 atom stereocenters. The molecule has 2 aromatic carbocycles. The van der Waals surface area contributed by atoms with Crippen molar-refractivity contribution in [2.45, 2.75) is 17.4 Å². The van der Waals surface area contributed by atoms with Gasteiger partial charge in [-0.25, -0.2) is 13.1 Å². The topological polar surface area (TPSA) is 93.7 Å². The molecular formula is C18H18Cl2N2O5S. The van der Waals surface area contributed by atoms with Crippen LogP contribution >= 0.6 is 23.2 Å². The van der Waals surface area contributed by atoms with Crippen molar-refractivity contribution in [3.8, 4) is 5.75 Å². The normalized spacial score (nSPS) is 16.8. The highest BCUT2D eigenvalue weighted by Crippen LogP contribution is 2.27. The number of nitrogens with one attached hydrogen (secondary N) is 2. The second kappa shape index (κ2) is 8.67. The molecule has 0 saturated carbocycles. The van der Waals surface area contributed by atoms with Crippen molar-refractivity contribution in [1.82, 2.24) is 4.72 Å². The lowest BCUT2D eigenvalue weighted by Gasteiger charge is -2.14. The van der Waals surface area contributed by atoms with Gasteiger partial charge in [0.1, 0.15) is 5.75 Å². The van der Waals surface area contributed by atoms with Crippen LogP contribution in [0.4, 0.5) is 5.69 Å². The average molecular weight is 445 g/mol. The van der Waals surface area contributed by atoms with E-state index in [4.69, 9.17) is 32.7 Å². The standard InChI is InChI=1S/C18H18Cl2N2O5S/c1-26-17-5-3-13(28(24,25)22-12-6-7-27-10-12)9-14(17)18(23)21-11-2-4-15(19)16(20)8-11/h2-5,8-9,12,22H,6-7,10H2,1H3,(H,21,23). The second-order valence-corrected chi connectivity index (χ2v) is 8.66. The maximum absolute atomic E-state index is 12.7. The Morgan fingerprint density at radius 3 is 2.61 bits per heavy atom. The SMILES string of the molecule is COc1ccc(S(=O)(=O)NC2CCOC2)cc1C(=O)Nc1ccc(Cl)c(Cl)c1. The van der Waals surface area contributed by atoms with Crippen molar-refractivity contribution in [3.63, 3.8) is 0 Å². The summed E-state index contributed by atoms with van der Waals surface area (Å²) in [5.74, 6) is -0.308. The number of carbonyl (C=O) groups is 1. The lowest BCUT2D eigenvalue weighted by molar-refractivity contribution is 0.102. The van der Waals surface area contributed by atoms with Gasteiger partial charge >= 0.3 is 0 Å². The first-order valence-electron chi connectivity index (χ1n) is 8.34. The number of ether oxygens (including phenoxy) is 2. The first kappa shape index (κ1) is 20.9. The van der Waals surface area contributed by atoms with Crippen LogP contribution in [0.3, 0.4) is 0 Å². The zero-order valence-electron chi connectivity index (χ0n) is 14.9. The highest BCUT2D eigenvalue weighted by Gasteiger charge is 2.25. The number of carbonyl (C=O) groups excluding carboxylic acids is 1. The fourth-order valence-corrected chi connectivity index (χ4v) is 4.30. The Hall–Kier alpha value is -1.84. The molecule has 1 aliphatic rings. The van der Waals surface area contributed by atoms with Gasteiger partial charge < -0.3 is 14.8 Å². The summed E-state index contributed by atoms with van der Waals surface area (Å²) in [5.41, 5.74) is 0.482. The third-order valence-corrected chi connectivity index (χ3v) is 6.41. The monoisotopic (exact) mass is 444 g/mol. The molecule has 2 N–H and O–H groups in total. The van der Waals surface area contributed by atoms with E-state index in [0.717, 1.165) is 0 Å². The lowest BCUT2D eigenvalue weighted by atomic mass is 10.2. The molecule has 1 aliphatic heterocycles. The van der Waals surface area contributed by atoms with Crippen LogP contribution in [0.5, 0.6) is 5.75 Å². The maximum atomic E-state index is 12.7. The van der Waals surface area contributed by atoms with E-state index in [2.05, 4.69) is 10.0 Å². The van der Waals surface area contributed by atoms with E-state index < -0.39 is 15.9 Å². The van der Waals surface area contributed by atoms with Crippen LogP contribution in [0.1, 0.15) is 16.8 Å². The number of benzene rings is 2. The van der Waals surface area contributed by atoms with Crippen molar-refractivity contribution in [1.29, 1.82) is 0 Å². The molecule has 3 rings (SSSR count). The molecule has 28 heavy (non-hydrogen) atoms. The number of methoxy groups -OCH3 is 1. The largest absolute Gasteiger partial charge is 0.496 e. The smallest absolute Gasteiger partial charge is 0.259 e. The first-order valence-corrected chi connectivity index (χ1v) is 10.6. The second-order valence-electron chi connectivity index (χ2n) is 6.13. The summed E-state index contributed by atoms with van der Waals surface area (Å²) in [6.45, 7) is 0.827. The summed E-state index contributed by atoms with van der Waals surface area (Å²) >= 11 is 11.8. The summed E-state index contributed by atoms with van der Waals surface area (Å²) in [6, 6.07) is 8.42. The van der Waals surface area contributed by atoms with Gasteiger partial charge in [0.05, 0.1) is 34.2 Å². The van der Waals surface area contributed by atoms with E-state index in [1.165, 1.54) is 31.4 Å². The fraction of sp³-hybridized carbons (Fsp3) is 0.278. The number of anilines is 1. The zero-order chi connectivity index (χ0) is 20.3. The molecule has 0 aromatic heterocycles. The minimum Gasteiger partial charge on any atom is -0.496 e. The quantitative estimate of drug-likeness (QED) is 0.712. The van der Waals surface area contributed by atoms with Gasteiger partial charge in [-0.1, -0.05) is 23.2 Å². The molecule has 150 valence electrons. The van der Waals surface area contributed by atoms with Crippen molar-refractivity contribution in [2.24, 2.45) is 0 Å². The van der Waals surface area contributed by atoms with Gasteiger partial charge in [0, 0.05) is 18.3 Å². The van der Waals surface area contributed by atoms with E-state index >= 15 is 0 Å². The van der Waals surface area contributed by atoms with Crippen molar-refractivity contribution >= 4 is 44.8 Å². The predicted octanol–water partition coefficient (Wildman–Crippen LogP) is 3.32. The van der Waals surface area contributed by atoms with Gasteiger partial charge in [-0.3, -0.25) is 4.79 Å². The molecule has 0 aliphatic carbocycles. The minimum absolute atomic E-state index is 0.0421. The summed E-state index contributed by atoms with van der Waals surface area (Å²) in [6.07, 6.45) is 0.597. The van der Waals surface area contributed by atoms with E-state index in [1.807, 2.05) is 0 Å². The number of hydrogen-bond donors (Lipinski definition) is 2. The molecule has 1 saturated heterocycles. The highest BCUT2D eigenvalue weighted by atomic mass is 35.5. The van der Waals surface area contributed by atoms with Crippen molar-refractivity contribution in [2.75, 3.05) is 25.6 Å². The predicted molar refractivity (Wildman–Crippen MR) is 107 cm³/mol. The van der Waals surface area contributed by atoms with Gasteiger partial charge in [-0.2, -0.15) is 0 Å². The number of halogens is 2. The maximum Gasteiger partial charge on any atom is 0.259 e. The Bertz CT molecular complexity index is 991. The zero-order valence-corrected chi connectivity index (χ0v) is 17.2. The van der Waals surface area contributed by atoms with E-state index in [9.17, 15) is 13.2 Å². The number of rotatable bonds is 6. The Labute approximate surface area is 173 Å². The van der Waals surface area contributed by atoms with Crippen molar-refractivity contribution in [3.05, 3.63) is 52.0 Å². The molecule has 1 amide bonds. The summed E-state index contributed by atoms with van der Waals surface area (Å²) < 4.78 is 38.2. The Morgan fingerprint density at radius 2 is 1.96 bits per heavy atom. The van der Waals surface area contributed by atoms with E-state index in [1.54, 1.807) is 12.1 Å². The average Bonchev–Trinajstić information content (AvgIpc) is 3.16. The molecule has 0 bridgehead atoms. The summed E-state index contributed by atoms with van der Waals surface area (Å²) in [5, 5.41) is 3.29. The van der Waals surface area contributed by atoms with Gasteiger partial charge in [-0.15, -0.1) is 0 Å². The molecule has 1 unspecified atom stereocenters. The highest BCUT2D eigenvalue weighted by molar-refractivity contribution is 7.89. The van der Waals surface area contributed by atoms with Crippen LogP contribution in [-0.4, -0.2) is 40.7 Å². The van der Waals surface area contributed by atoms with Gasteiger partial charge in [0.15, 0.2) is 0 Å².